The Hall–Kier alpha value is -1.38. The van der Waals surface area contributed by atoms with Crippen molar-refractivity contribution in [3.63, 3.8) is 0 Å². The van der Waals surface area contributed by atoms with Gasteiger partial charge in [-0.05, 0) is 116 Å². The van der Waals surface area contributed by atoms with Crippen LogP contribution in [0, 0.1) is 56.7 Å². The van der Waals surface area contributed by atoms with Crippen molar-refractivity contribution in [3.8, 4) is 0 Å². The number of hydrogen-bond acceptors (Lipinski definition) is 3. The van der Waals surface area contributed by atoms with Crippen LogP contribution in [-0.2, 0) is 14.3 Å². The van der Waals surface area contributed by atoms with Crippen LogP contribution < -0.4 is 0 Å². The summed E-state index contributed by atoms with van der Waals surface area (Å²) < 4.78 is 5.49. The van der Waals surface area contributed by atoms with Crippen LogP contribution in [0.15, 0.2) is 24.3 Å². The van der Waals surface area contributed by atoms with E-state index in [9.17, 15) is 9.59 Å². The molecule has 0 spiro atoms. The number of Topliss-reactive ketones (excluding diaryl/α,β-unsaturated/α-hetero) is 1. The van der Waals surface area contributed by atoms with Gasteiger partial charge in [0, 0.05) is 5.41 Å². The van der Waals surface area contributed by atoms with E-state index in [1.807, 2.05) is 0 Å². The molecule has 3 heteroatoms. The first kappa shape index (κ1) is 25.3. The Bertz CT molecular complexity index is 991. The second-order valence-corrected chi connectivity index (χ2v) is 14.7. The fraction of sp³-hybridized carbons (Fsp3) is 0.812. The van der Waals surface area contributed by atoms with Gasteiger partial charge >= 0.3 is 5.97 Å². The molecule has 0 aromatic heterocycles. The number of methoxy groups -OCH3 is 1. The van der Waals surface area contributed by atoms with E-state index >= 15 is 0 Å². The minimum Gasteiger partial charge on any atom is -0.469 e. The van der Waals surface area contributed by atoms with Crippen LogP contribution in [0.5, 0.6) is 0 Å². The van der Waals surface area contributed by atoms with Crippen LogP contribution in [0.2, 0.25) is 0 Å². The smallest absolute Gasteiger partial charge is 0.312 e. The van der Waals surface area contributed by atoms with Gasteiger partial charge in [-0.25, -0.2) is 0 Å². The van der Waals surface area contributed by atoms with Gasteiger partial charge in [-0.1, -0.05) is 53.3 Å². The van der Waals surface area contributed by atoms with Gasteiger partial charge in [-0.3, -0.25) is 9.59 Å². The number of ketones is 1. The Morgan fingerprint density at radius 3 is 2.23 bits per heavy atom. The zero-order valence-corrected chi connectivity index (χ0v) is 23.4. The van der Waals surface area contributed by atoms with Gasteiger partial charge in [-0.2, -0.15) is 0 Å². The predicted molar refractivity (Wildman–Crippen MR) is 141 cm³/mol. The zero-order valence-electron chi connectivity index (χ0n) is 23.4. The molecule has 194 valence electrons. The molecule has 9 atom stereocenters. The molecule has 3 nitrogen and oxygen atoms in total. The highest BCUT2D eigenvalue weighted by Crippen LogP contribution is 2.77. The highest BCUT2D eigenvalue weighted by atomic mass is 16.5. The van der Waals surface area contributed by atoms with Crippen LogP contribution in [0.25, 0.3) is 0 Å². The summed E-state index contributed by atoms with van der Waals surface area (Å²) in [5, 5.41) is 0. The van der Waals surface area contributed by atoms with Crippen LogP contribution in [0.3, 0.4) is 0 Å². The molecule has 0 saturated heterocycles. The normalized spacial score (nSPS) is 50.4. The van der Waals surface area contributed by atoms with Gasteiger partial charge in [0.2, 0.25) is 0 Å². The Balaban J connectivity index is 1.58. The summed E-state index contributed by atoms with van der Waals surface area (Å²) in [5.74, 6) is 2.58. The summed E-state index contributed by atoms with van der Waals surface area (Å²) in [6.07, 6.45) is 9.58. The topological polar surface area (TPSA) is 43.4 Å². The number of carbonyl (C=O) groups is 2. The van der Waals surface area contributed by atoms with Crippen LogP contribution in [0.1, 0.15) is 99.3 Å². The second kappa shape index (κ2) is 7.57. The Morgan fingerprint density at radius 2 is 1.60 bits per heavy atom. The standard InChI is InChI=1S/C32H48O3/c1-19(2)21-12-15-32(27(34)35-9)17-16-30(7)22(25(21)32)10-11-24-29(6)18-20(3)26(33)28(4,5)23(29)13-14-31(24,30)8/h21-25H,1,3,10-18H2,2,4-9H3/t21-,22+,23-,24+,25+,29-,30+,31+,32-/m0/s1. The number of ether oxygens (including phenoxy) is 1. The van der Waals surface area contributed by atoms with Gasteiger partial charge in [-0.15, -0.1) is 0 Å². The molecule has 5 saturated carbocycles. The van der Waals surface area contributed by atoms with Crippen molar-refractivity contribution in [2.45, 2.75) is 99.3 Å². The summed E-state index contributed by atoms with van der Waals surface area (Å²) in [5.41, 5.74) is 1.91. The molecule has 0 amide bonds. The molecule has 35 heavy (non-hydrogen) atoms. The van der Waals surface area contributed by atoms with Gasteiger partial charge in [0.25, 0.3) is 0 Å². The largest absolute Gasteiger partial charge is 0.469 e. The van der Waals surface area contributed by atoms with E-state index in [2.05, 4.69) is 54.7 Å². The van der Waals surface area contributed by atoms with Gasteiger partial charge in [0.1, 0.15) is 0 Å². The average molecular weight is 481 g/mol. The van der Waals surface area contributed by atoms with Crippen molar-refractivity contribution in [1.29, 1.82) is 0 Å². The average Bonchev–Trinajstić information content (AvgIpc) is 3.18. The zero-order chi connectivity index (χ0) is 25.8. The molecule has 0 radical (unpaired) electrons. The van der Waals surface area contributed by atoms with Gasteiger partial charge in [0.15, 0.2) is 5.78 Å². The fourth-order valence-electron chi connectivity index (χ4n) is 11.7. The molecule has 0 unspecified atom stereocenters. The molecule has 5 fully saturated rings. The highest BCUT2D eigenvalue weighted by Gasteiger charge is 2.72. The summed E-state index contributed by atoms with van der Waals surface area (Å²) in [6, 6.07) is 0. The SMILES string of the molecule is C=C1C[C@]2(C)[C@H]3CC[C@@H]4[C@H]5[C@H](C(=C)C)CC[C@]5(C(=O)OC)CC[C@@]4(C)[C@]3(C)CC[C@H]2C(C)(C)C1=O. The third-order valence-corrected chi connectivity index (χ3v) is 13.3. The van der Waals surface area contributed by atoms with Crippen molar-refractivity contribution in [1.82, 2.24) is 0 Å². The molecule has 0 aromatic carbocycles. The van der Waals surface area contributed by atoms with Crippen molar-refractivity contribution in [2.24, 2.45) is 56.7 Å². The predicted octanol–water partition coefficient (Wildman–Crippen LogP) is 7.55. The molecule has 0 aliphatic heterocycles. The van der Waals surface area contributed by atoms with Crippen molar-refractivity contribution in [3.05, 3.63) is 24.3 Å². The Morgan fingerprint density at radius 1 is 0.914 bits per heavy atom. The molecule has 0 N–H and O–H groups in total. The van der Waals surface area contributed by atoms with E-state index < -0.39 is 0 Å². The highest BCUT2D eigenvalue weighted by molar-refractivity contribution is 6.00. The minimum atomic E-state index is -0.333. The van der Waals surface area contributed by atoms with E-state index in [-0.39, 0.29) is 33.0 Å². The van der Waals surface area contributed by atoms with Crippen LogP contribution in [0.4, 0.5) is 0 Å². The van der Waals surface area contributed by atoms with Gasteiger partial charge in [0.05, 0.1) is 12.5 Å². The Labute approximate surface area is 213 Å². The number of carbonyl (C=O) groups excluding carboxylic acids is 2. The lowest BCUT2D eigenvalue weighted by molar-refractivity contribution is -0.232. The lowest BCUT2D eigenvalue weighted by atomic mass is 9.32. The summed E-state index contributed by atoms with van der Waals surface area (Å²) in [4.78, 5) is 26.5. The summed E-state index contributed by atoms with van der Waals surface area (Å²) >= 11 is 0. The first-order valence-electron chi connectivity index (χ1n) is 14.2. The maximum absolute atomic E-state index is 13.4. The second-order valence-electron chi connectivity index (χ2n) is 14.7. The number of rotatable bonds is 2. The number of allylic oxidation sites excluding steroid dienone is 2. The van der Waals surface area contributed by atoms with Crippen molar-refractivity contribution >= 4 is 11.8 Å². The molecule has 5 aliphatic carbocycles. The molecular formula is C32H48O3. The number of esters is 1. The minimum absolute atomic E-state index is 0.0279. The Kier molecular flexibility index (Phi) is 5.47. The first-order chi connectivity index (χ1) is 16.2. The lowest BCUT2D eigenvalue weighted by Gasteiger charge is -2.72. The van der Waals surface area contributed by atoms with Crippen molar-refractivity contribution < 1.29 is 14.3 Å². The molecule has 5 rings (SSSR count). The van der Waals surface area contributed by atoms with Crippen LogP contribution >= 0.6 is 0 Å². The molecule has 5 aliphatic rings. The van der Waals surface area contributed by atoms with E-state index in [1.54, 1.807) is 7.11 Å². The van der Waals surface area contributed by atoms with Crippen LogP contribution in [-0.4, -0.2) is 18.9 Å². The number of hydrogen-bond donors (Lipinski definition) is 0. The maximum atomic E-state index is 13.4. The van der Waals surface area contributed by atoms with E-state index in [0.717, 1.165) is 44.1 Å². The summed E-state index contributed by atoms with van der Waals surface area (Å²) in [7, 11) is 1.58. The van der Waals surface area contributed by atoms with Crippen molar-refractivity contribution in [2.75, 3.05) is 7.11 Å². The fourth-order valence-corrected chi connectivity index (χ4v) is 11.7. The maximum Gasteiger partial charge on any atom is 0.312 e. The molecule has 0 aromatic rings. The third-order valence-electron chi connectivity index (χ3n) is 13.3. The first-order valence-corrected chi connectivity index (χ1v) is 14.2. The molecule has 0 heterocycles. The number of fused-ring (bicyclic) bond motifs is 7. The van der Waals surface area contributed by atoms with E-state index in [4.69, 9.17) is 4.74 Å². The third kappa shape index (κ3) is 2.90. The van der Waals surface area contributed by atoms with Gasteiger partial charge < -0.3 is 4.74 Å². The lowest BCUT2D eigenvalue weighted by Crippen LogP contribution is -2.67. The summed E-state index contributed by atoms with van der Waals surface area (Å²) in [6.45, 7) is 22.9. The molecular weight excluding hydrogens is 432 g/mol. The molecule has 0 bridgehead atoms. The quantitative estimate of drug-likeness (QED) is 0.233. The van der Waals surface area contributed by atoms with E-state index in [1.165, 1.54) is 24.8 Å². The van der Waals surface area contributed by atoms with E-state index in [0.29, 0.717) is 35.4 Å². The monoisotopic (exact) mass is 480 g/mol.